The highest BCUT2D eigenvalue weighted by atomic mass is 79.9. The van der Waals surface area contributed by atoms with Crippen molar-refractivity contribution in [3.05, 3.63) is 29.8 Å². The van der Waals surface area contributed by atoms with E-state index in [0.29, 0.717) is 6.42 Å². The van der Waals surface area contributed by atoms with Crippen LogP contribution in [-0.4, -0.2) is 6.21 Å². The SMILES string of the molecule is N#CCC1(Br)C=Nc2ccccc21. The van der Waals surface area contributed by atoms with Crippen LogP contribution in [0.4, 0.5) is 5.69 Å². The van der Waals surface area contributed by atoms with Gasteiger partial charge in [0.25, 0.3) is 0 Å². The zero-order chi connectivity index (χ0) is 9.31. The van der Waals surface area contributed by atoms with E-state index >= 15 is 0 Å². The van der Waals surface area contributed by atoms with Crippen molar-refractivity contribution in [1.29, 1.82) is 5.26 Å². The summed E-state index contributed by atoms with van der Waals surface area (Å²) in [5.41, 5.74) is 2.03. The predicted molar refractivity (Wildman–Crippen MR) is 55.4 cm³/mol. The smallest absolute Gasteiger partial charge is 0.101 e. The van der Waals surface area contributed by atoms with Crippen molar-refractivity contribution in [3.63, 3.8) is 0 Å². The number of nitriles is 1. The van der Waals surface area contributed by atoms with Crippen LogP contribution in [0.3, 0.4) is 0 Å². The van der Waals surface area contributed by atoms with Gasteiger partial charge in [-0.15, -0.1) is 0 Å². The molecule has 0 saturated heterocycles. The first-order valence-corrected chi connectivity index (χ1v) is 4.76. The Labute approximate surface area is 85.0 Å². The van der Waals surface area contributed by atoms with Crippen LogP contribution in [0.15, 0.2) is 29.3 Å². The maximum Gasteiger partial charge on any atom is 0.101 e. The Balaban J connectivity index is 2.50. The van der Waals surface area contributed by atoms with Gasteiger partial charge < -0.3 is 0 Å². The summed E-state index contributed by atoms with van der Waals surface area (Å²) in [6.07, 6.45) is 2.20. The summed E-state index contributed by atoms with van der Waals surface area (Å²) in [6.45, 7) is 0. The van der Waals surface area contributed by atoms with E-state index < -0.39 is 0 Å². The number of hydrogen-bond donors (Lipinski definition) is 0. The molecule has 0 N–H and O–H groups in total. The van der Waals surface area contributed by atoms with Gasteiger partial charge in [0.15, 0.2) is 0 Å². The Kier molecular flexibility index (Phi) is 1.93. The number of hydrogen-bond acceptors (Lipinski definition) is 2. The van der Waals surface area contributed by atoms with Gasteiger partial charge >= 0.3 is 0 Å². The maximum absolute atomic E-state index is 8.68. The van der Waals surface area contributed by atoms with Crippen LogP contribution in [0, 0.1) is 11.3 Å². The minimum absolute atomic E-state index is 0.363. The van der Waals surface area contributed by atoms with Crippen molar-refractivity contribution in [2.24, 2.45) is 4.99 Å². The van der Waals surface area contributed by atoms with Gasteiger partial charge in [-0.1, -0.05) is 34.1 Å². The summed E-state index contributed by atoms with van der Waals surface area (Å²) < 4.78 is -0.363. The normalized spacial score (nSPS) is 24.0. The maximum atomic E-state index is 8.68. The molecule has 0 radical (unpaired) electrons. The fourth-order valence-corrected chi connectivity index (χ4v) is 2.00. The first kappa shape index (κ1) is 8.46. The summed E-state index contributed by atoms with van der Waals surface area (Å²) in [5, 5.41) is 8.68. The quantitative estimate of drug-likeness (QED) is 0.689. The molecule has 0 aromatic heterocycles. The van der Waals surface area contributed by atoms with Gasteiger partial charge in [-0.3, -0.25) is 4.99 Å². The molecular formula is C10H7BrN2. The summed E-state index contributed by atoms with van der Waals surface area (Å²) in [4.78, 5) is 4.25. The van der Waals surface area contributed by atoms with Crippen molar-refractivity contribution >= 4 is 27.8 Å². The highest BCUT2D eigenvalue weighted by Crippen LogP contribution is 2.43. The Morgan fingerprint density at radius 1 is 1.46 bits per heavy atom. The molecule has 1 aromatic carbocycles. The number of para-hydroxylation sites is 1. The van der Waals surface area contributed by atoms with Crippen molar-refractivity contribution < 1.29 is 0 Å². The minimum Gasteiger partial charge on any atom is -0.259 e. The van der Waals surface area contributed by atoms with Crippen molar-refractivity contribution in [1.82, 2.24) is 0 Å². The summed E-state index contributed by atoms with van der Waals surface area (Å²) in [5.74, 6) is 0. The average Bonchev–Trinajstić information content (AvgIpc) is 2.46. The number of benzene rings is 1. The lowest BCUT2D eigenvalue weighted by Gasteiger charge is -2.15. The van der Waals surface area contributed by atoms with Crippen LogP contribution in [0.25, 0.3) is 0 Å². The van der Waals surface area contributed by atoms with Crippen molar-refractivity contribution in [2.45, 2.75) is 10.7 Å². The Morgan fingerprint density at radius 2 is 2.23 bits per heavy atom. The molecule has 1 heterocycles. The first-order valence-electron chi connectivity index (χ1n) is 3.97. The highest BCUT2D eigenvalue weighted by Gasteiger charge is 2.32. The van der Waals surface area contributed by atoms with Crippen molar-refractivity contribution in [3.8, 4) is 6.07 Å². The molecule has 1 unspecified atom stereocenters. The largest absolute Gasteiger partial charge is 0.259 e. The fourth-order valence-electron chi connectivity index (χ4n) is 1.43. The summed E-state index contributed by atoms with van der Waals surface area (Å²) in [6, 6.07) is 10.0. The third kappa shape index (κ3) is 1.27. The molecule has 0 spiro atoms. The van der Waals surface area contributed by atoms with Gasteiger partial charge in [-0.05, 0) is 6.07 Å². The van der Waals surface area contributed by atoms with Crippen LogP contribution < -0.4 is 0 Å². The first-order chi connectivity index (χ1) is 6.26. The van der Waals surface area contributed by atoms with E-state index in [4.69, 9.17) is 5.26 Å². The molecular weight excluding hydrogens is 228 g/mol. The average molecular weight is 235 g/mol. The van der Waals surface area contributed by atoms with Gasteiger partial charge in [-0.25, -0.2) is 0 Å². The third-order valence-electron chi connectivity index (χ3n) is 2.10. The second kappa shape index (κ2) is 2.97. The van der Waals surface area contributed by atoms with Crippen LogP contribution >= 0.6 is 15.9 Å². The molecule has 0 fully saturated rings. The lowest BCUT2D eigenvalue weighted by Crippen LogP contribution is -2.15. The number of nitrogens with zero attached hydrogens (tertiary/aromatic N) is 2. The number of halogens is 1. The van der Waals surface area contributed by atoms with E-state index in [1.807, 2.05) is 24.3 Å². The van der Waals surface area contributed by atoms with E-state index in [0.717, 1.165) is 11.3 Å². The Hall–Kier alpha value is -1.14. The third-order valence-corrected chi connectivity index (χ3v) is 3.01. The van der Waals surface area contributed by atoms with Crippen LogP contribution in [0.5, 0.6) is 0 Å². The van der Waals surface area contributed by atoms with Gasteiger partial charge in [-0.2, -0.15) is 5.26 Å². The summed E-state index contributed by atoms with van der Waals surface area (Å²) in [7, 11) is 0. The monoisotopic (exact) mass is 234 g/mol. The number of fused-ring (bicyclic) bond motifs is 1. The van der Waals surface area contributed by atoms with E-state index in [1.165, 1.54) is 0 Å². The van der Waals surface area contributed by atoms with Gasteiger partial charge in [0.2, 0.25) is 0 Å². The molecule has 64 valence electrons. The molecule has 1 aliphatic rings. The Morgan fingerprint density at radius 3 is 3.00 bits per heavy atom. The Bertz CT molecular complexity index is 406. The number of alkyl halides is 1. The molecule has 1 atom stereocenters. The van der Waals surface area contributed by atoms with Gasteiger partial charge in [0.05, 0.1) is 18.2 Å². The molecule has 3 heteroatoms. The highest BCUT2D eigenvalue weighted by molar-refractivity contribution is 9.10. The number of aliphatic imine (C=N–C) groups is 1. The molecule has 1 aromatic rings. The fraction of sp³-hybridized carbons (Fsp3) is 0.200. The zero-order valence-corrected chi connectivity index (χ0v) is 8.45. The number of rotatable bonds is 1. The van der Waals surface area contributed by atoms with Crippen LogP contribution in [-0.2, 0) is 4.32 Å². The van der Waals surface area contributed by atoms with Gasteiger partial charge in [0, 0.05) is 11.8 Å². The van der Waals surface area contributed by atoms with Crippen LogP contribution in [0.2, 0.25) is 0 Å². The molecule has 1 aliphatic heterocycles. The van der Waals surface area contributed by atoms with E-state index in [9.17, 15) is 0 Å². The lowest BCUT2D eigenvalue weighted by atomic mass is 9.98. The molecule has 2 nitrogen and oxygen atoms in total. The predicted octanol–water partition coefficient (Wildman–Crippen LogP) is 2.91. The molecule has 0 amide bonds. The minimum atomic E-state index is -0.363. The van der Waals surface area contributed by atoms with Crippen molar-refractivity contribution in [2.75, 3.05) is 0 Å². The molecule has 0 saturated carbocycles. The zero-order valence-electron chi connectivity index (χ0n) is 6.87. The van der Waals surface area contributed by atoms with E-state index in [1.54, 1.807) is 6.21 Å². The molecule has 2 rings (SSSR count). The topological polar surface area (TPSA) is 36.1 Å². The molecule has 0 bridgehead atoms. The molecule has 13 heavy (non-hydrogen) atoms. The van der Waals surface area contributed by atoms with Crippen LogP contribution in [0.1, 0.15) is 12.0 Å². The second-order valence-corrected chi connectivity index (χ2v) is 4.39. The standard InChI is InChI=1S/C10H7BrN2/c11-10(5-6-12)7-13-9-4-2-1-3-8(9)10/h1-4,7H,5H2. The van der Waals surface area contributed by atoms with E-state index in [-0.39, 0.29) is 4.32 Å². The summed E-state index contributed by atoms with van der Waals surface area (Å²) >= 11 is 3.53. The second-order valence-electron chi connectivity index (χ2n) is 2.97. The van der Waals surface area contributed by atoms with Gasteiger partial charge in [0.1, 0.15) is 4.32 Å². The lowest BCUT2D eigenvalue weighted by molar-refractivity contribution is 0.900. The molecule has 0 aliphatic carbocycles. The van der Waals surface area contributed by atoms with E-state index in [2.05, 4.69) is 27.0 Å².